The molecule has 3 nitrogen and oxygen atoms in total. The number of likely N-dealkylation sites (N-methyl/N-ethyl adjacent to an activating group) is 1. The molecule has 2 atom stereocenters. The summed E-state index contributed by atoms with van der Waals surface area (Å²) in [7, 11) is 1.97. The van der Waals surface area contributed by atoms with Crippen molar-refractivity contribution < 1.29 is 0 Å². The van der Waals surface area contributed by atoms with E-state index in [0.29, 0.717) is 10.0 Å². The second-order valence-electron chi connectivity index (χ2n) is 3.70. The summed E-state index contributed by atoms with van der Waals surface area (Å²) in [5.74, 6) is 0. The summed E-state index contributed by atoms with van der Waals surface area (Å²) < 4.78 is 0. The predicted octanol–water partition coefficient (Wildman–Crippen LogP) is 2.39. The first-order chi connectivity index (χ1) is 7.09. The Labute approximate surface area is 116 Å². The summed E-state index contributed by atoms with van der Waals surface area (Å²) in [5, 5.41) is 4.52. The minimum atomic E-state index is -0.109. The minimum absolute atomic E-state index is 0. The third-order valence-corrected chi connectivity index (χ3v) is 3.33. The third-order valence-electron chi connectivity index (χ3n) is 2.77. The van der Waals surface area contributed by atoms with Crippen molar-refractivity contribution in [2.45, 2.75) is 12.3 Å². The summed E-state index contributed by atoms with van der Waals surface area (Å²) in [6.45, 7) is 0.805. The Morgan fingerprint density at radius 2 is 2.12 bits per heavy atom. The van der Waals surface area contributed by atoms with Gasteiger partial charge in [0, 0.05) is 16.6 Å². The van der Waals surface area contributed by atoms with E-state index in [0.717, 1.165) is 12.1 Å². The van der Waals surface area contributed by atoms with Gasteiger partial charge in [0.15, 0.2) is 0 Å². The third kappa shape index (κ3) is 2.70. The molecule has 2 unspecified atom stereocenters. The monoisotopic (exact) mass is 325 g/mol. The zero-order valence-corrected chi connectivity index (χ0v) is 12.0. The van der Waals surface area contributed by atoms with Crippen LogP contribution in [-0.2, 0) is 0 Å². The number of nitrogens with two attached hydrogens (primary N) is 1. The molecule has 0 spiro atoms. The van der Waals surface area contributed by atoms with Crippen molar-refractivity contribution >= 4 is 40.2 Å². The van der Waals surface area contributed by atoms with Crippen molar-refractivity contribution in [2.75, 3.05) is 13.6 Å². The van der Waals surface area contributed by atoms with Crippen LogP contribution in [0.2, 0.25) is 10.0 Å². The number of nitrogens with zero attached hydrogens (tertiary/aromatic N) is 1. The van der Waals surface area contributed by atoms with Gasteiger partial charge < -0.3 is 5.73 Å². The molecular weight excluding hydrogens is 313 g/mol. The Kier molecular flexibility index (Phi) is 5.04. The number of hydrogen-bond donors (Lipinski definition) is 2. The molecule has 3 N–H and O–H groups in total. The summed E-state index contributed by atoms with van der Waals surface area (Å²) in [6, 6.07) is 5.77. The van der Waals surface area contributed by atoms with E-state index in [1.807, 2.05) is 19.2 Å². The van der Waals surface area contributed by atoms with E-state index in [4.69, 9.17) is 28.9 Å². The van der Waals surface area contributed by atoms with Crippen molar-refractivity contribution in [2.24, 2.45) is 5.73 Å². The van der Waals surface area contributed by atoms with Gasteiger partial charge in [0.05, 0.1) is 6.04 Å². The molecule has 0 aliphatic carbocycles. The molecule has 1 aliphatic heterocycles. The van der Waals surface area contributed by atoms with Gasteiger partial charge in [0.1, 0.15) is 6.29 Å². The van der Waals surface area contributed by atoms with E-state index in [1.165, 1.54) is 0 Å². The topological polar surface area (TPSA) is 41.3 Å². The van der Waals surface area contributed by atoms with Crippen molar-refractivity contribution in [3.63, 3.8) is 0 Å². The lowest BCUT2D eigenvalue weighted by atomic mass is 10.1. The highest BCUT2D eigenvalue weighted by Crippen LogP contribution is 2.31. The van der Waals surface area contributed by atoms with Crippen LogP contribution < -0.4 is 11.1 Å². The van der Waals surface area contributed by atoms with Crippen molar-refractivity contribution in [3.05, 3.63) is 33.8 Å². The van der Waals surface area contributed by atoms with Gasteiger partial charge in [-0.2, -0.15) is 0 Å². The lowest BCUT2D eigenvalue weighted by molar-refractivity contribution is 0.243. The first-order valence-electron chi connectivity index (χ1n) is 4.75. The highest BCUT2D eigenvalue weighted by atomic mass is 79.9. The predicted molar refractivity (Wildman–Crippen MR) is 73.3 cm³/mol. The van der Waals surface area contributed by atoms with Gasteiger partial charge in [-0.15, -0.1) is 17.0 Å². The first-order valence-corrected chi connectivity index (χ1v) is 5.51. The number of benzene rings is 1. The fraction of sp³-hybridized carbons (Fsp3) is 0.400. The largest absolute Gasteiger partial charge is 0.303 e. The van der Waals surface area contributed by atoms with Crippen LogP contribution in [0.4, 0.5) is 0 Å². The van der Waals surface area contributed by atoms with Crippen molar-refractivity contribution in [1.29, 1.82) is 0 Å². The molecule has 1 fully saturated rings. The standard InChI is InChI=1S/C10H13Cl2N3.BrH/c1-15-9(5-14-10(15)13)7-3-2-6(11)4-8(7)12;/h2-4,9-10,14H,5,13H2,1H3;1H. The van der Waals surface area contributed by atoms with Crippen LogP contribution in [0.15, 0.2) is 18.2 Å². The van der Waals surface area contributed by atoms with E-state index in [-0.39, 0.29) is 29.3 Å². The van der Waals surface area contributed by atoms with Crippen LogP contribution in [0.25, 0.3) is 0 Å². The van der Waals surface area contributed by atoms with Gasteiger partial charge in [-0.25, -0.2) is 0 Å². The number of rotatable bonds is 1. The number of halogens is 3. The van der Waals surface area contributed by atoms with Gasteiger partial charge in [-0.05, 0) is 24.7 Å². The number of hydrogen-bond acceptors (Lipinski definition) is 3. The normalized spacial score (nSPS) is 25.5. The number of nitrogens with one attached hydrogen (secondary N) is 1. The Balaban J connectivity index is 0.00000128. The fourth-order valence-electron chi connectivity index (χ4n) is 1.82. The Bertz CT molecular complexity index is 375. The van der Waals surface area contributed by atoms with Gasteiger partial charge in [0.2, 0.25) is 0 Å². The van der Waals surface area contributed by atoms with Crippen LogP contribution in [0.3, 0.4) is 0 Å². The van der Waals surface area contributed by atoms with Crippen molar-refractivity contribution in [3.8, 4) is 0 Å². The highest BCUT2D eigenvalue weighted by molar-refractivity contribution is 8.93. The molecule has 2 rings (SSSR count). The Hall–Kier alpha value is 0.160. The molecule has 16 heavy (non-hydrogen) atoms. The molecule has 90 valence electrons. The average molecular weight is 327 g/mol. The molecule has 0 radical (unpaired) electrons. The smallest absolute Gasteiger partial charge is 0.112 e. The van der Waals surface area contributed by atoms with E-state index in [1.54, 1.807) is 6.07 Å². The average Bonchev–Trinajstić information content (AvgIpc) is 2.49. The molecule has 0 bridgehead atoms. The maximum absolute atomic E-state index is 6.14. The molecule has 0 aromatic heterocycles. The van der Waals surface area contributed by atoms with Gasteiger partial charge in [-0.3, -0.25) is 10.2 Å². The van der Waals surface area contributed by atoms with Crippen molar-refractivity contribution in [1.82, 2.24) is 10.2 Å². The summed E-state index contributed by atoms with van der Waals surface area (Å²) in [6.07, 6.45) is -0.109. The minimum Gasteiger partial charge on any atom is -0.303 e. The maximum Gasteiger partial charge on any atom is 0.112 e. The highest BCUT2D eigenvalue weighted by Gasteiger charge is 2.29. The first kappa shape index (κ1) is 14.2. The van der Waals surface area contributed by atoms with E-state index in [9.17, 15) is 0 Å². The van der Waals surface area contributed by atoms with Gasteiger partial charge in [-0.1, -0.05) is 29.3 Å². The molecule has 1 aromatic carbocycles. The zero-order valence-electron chi connectivity index (χ0n) is 8.78. The lowest BCUT2D eigenvalue weighted by Gasteiger charge is -2.22. The second kappa shape index (κ2) is 5.67. The van der Waals surface area contributed by atoms with Crippen LogP contribution in [0, 0.1) is 0 Å². The molecule has 1 aromatic rings. The van der Waals surface area contributed by atoms with Crippen LogP contribution in [0.5, 0.6) is 0 Å². The van der Waals surface area contributed by atoms with E-state index < -0.39 is 0 Å². The molecule has 0 saturated carbocycles. The van der Waals surface area contributed by atoms with E-state index in [2.05, 4.69) is 10.2 Å². The summed E-state index contributed by atoms with van der Waals surface area (Å²) in [4.78, 5) is 2.05. The molecule has 6 heteroatoms. The molecule has 1 saturated heterocycles. The quantitative estimate of drug-likeness (QED) is 0.832. The Morgan fingerprint density at radius 1 is 1.44 bits per heavy atom. The molecular formula is C10H14BrCl2N3. The van der Waals surface area contributed by atoms with Crippen LogP contribution in [-0.4, -0.2) is 24.8 Å². The second-order valence-corrected chi connectivity index (χ2v) is 4.54. The van der Waals surface area contributed by atoms with Gasteiger partial charge >= 0.3 is 0 Å². The lowest BCUT2D eigenvalue weighted by Crippen LogP contribution is -2.41. The zero-order chi connectivity index (χ0) is 11.0. The SMILES string of the molecule is Br.CN1C(N)NCC1c1ccc(Cl)cc1Cl. The van der Waals surface area contributed by atoms with Crippen LogP contribution >= 0.6 is 40.2 Å². The molecule has 1 aliphatic rings. The molecule has 1 heterocycles. The summed E-state index contributed by atoms with van der Waals surface area (Å²) in [5.41, 5.74) is 6.89. The summed E-state index contributed by atoms with van der Waals surface area (Å²) >= 11 is 12.0. The fourth-order valence-corrected chi connectivity index (χ4v) is 2.35. The maximum atomic E-state index is 6.14. The van der Waals surface area contributed by atoms with Crippen LogP contribution in [0.1, 0.15) is 11.6 Å². The van der Waals surface area contributed by atoms with E-state index >= 15 is 0 Å². The Morgan fingerprint density at radius 3 is 2.62 bits per heavy atom. The molecule has 0 amide bonds. The van der Waals surface area contributed by atoms with Gasteiger partial charge in [0.25, 0.3) is 0 Å².